The molecule has 0 saturated heterocycles. The molecule has 0 saturated carbocycles. The fraction of sp³-hybridized carbons (Fsp3) is 0.444. The third-order valence-electron chi connectivity index (χ3n) is 1.65. The summed E-state index contributed by atoms with van der Waals surface area (Å²) in [5, 5.41) is 0. The molecule has 0 atom stereocenters. The second-order valence-corrected chi connectivity index (χ2v) is 4.43. The Labute approximate surface area is 80.1 Å². The van der Waals surface area contributed by atoms with Crippen molar-refractivity contribution in [3.05, 3.63) is 22.1 Å². The summed E-state index contributed by atoms with van der Waals surface area (Å²) >= 11 is 3.27. The first-order valence-corrected chi connectivity index (χ1v) is 4.48. The normalized spacial score (nSPS) is 11.7. The van der Waals surface area contributed by atoms with Gasteiger partial charge in [0.2, 0.25) is 0 Å². The van der Waals surface area contributed by atoms with E-state index in [1.807, 2.05) is 20.8 Å². The predicted molar refractivity (Wildman–Crippen MR) is 50.5 cm³/mol. The quantitative estimate of drug-likeness (QED) is 0.695. The highest BCUT2D eigenvalue weighted by Gasteiger charge is 2.23. The van der Waals surface area contributed by atoms with Crippen LogP contribution < -0.4 is 0 Å². The van der Waals surface area contributed by atoms with Crippen molar-refractivity contribution in [2.24, 2.45) is 0 Å². The third-order valence-corrected chi connectivity index (χ3v) is 2.23. The van der Waals surface area contributed by atoms with E-state index in [-0.39, 0.29) is 5.41 Å². The Morgan fingerprint density at radius 3 is 2.42 bits per heavy atom. The largest absolute Gasteiger partial charge is 0.457 e. The Hall–Kier alpha value is -0.570. The van der Waals surface area contributed by atoms with Crippen LogP contribution in [0.1, 0.15) is 36.7 Å². The van der Waals surface area contributed by atoms with Gasteiger partial charge in [-0.25, -0.2) is 0 Å². The van der Waals surface area contributed by atoms with E-state index in [0.717, 1.165) is 11.8 Å². The highest BCUT2D eigenvalue weighted by molar-refractivity contribution is 9.10. The molecule has 0 radical (unpaired) electrons. The Morgan fingerprint density at radius 2 is 2.08 bits per heavy atom. The number of hydrogen-bond acceptors (Lipinski definition) is 2. The molecule has 0 aliphatic rings. The molecule has 1 aromatic rings. The van der Waals surface area contributed by atoms with Crippen molar-refractivity contribution in [1.82, 2.24) is 0 Å². The van der Waals surface area contributed by atoms with E-state index < -0.39 is 0 Å². The van der Waals surface area contributed by atoms with Gasteiger partial charge in [0, 0.05) is 5.56 Å². The van der Waals surface area contributed by atoms with Gasteiger partial charge in [-0.2, -0.15) is 0 Å². The summed E-state index contributed by atoms with van der Waals surface area (Å²) < 4.78 is 5.75. The zero-order chi connectivity index (χ0) is 9.35. The molecular formula is C9H11BrO2. The van der Waals surface area contributed by atoms with Crippen molar-refractivity contribution in [3.8, 4) is 0 Å². The van der Waals surface area contributed by atoms with Crippen LogP contribution in [0.4, 0.5) is 0 Å². The molecule has 0 bridgehead atoms. The van der Waals surface area contributed by atoms with Gasteiger partial charge in [0.1, 0.15) is 6.26 Å². The number of carbonyl (C=O) groups excluding carboxylic acids is 1. The number of aldehydes is 1. The van der Waals surface area contributed by atoms with Crippen molar-refractivity contribution in [1.29, 1.82) is 0 Å². The summed E-state index contributed by atoms with van der Waals surface area (Å²) in [6, 6.07) is 0. The Balaban J connectivity index is 3.28. The first-order chi connectivity index (χ1) is 5.46. The molecule has 0 aliphatic heterocycles. The highest BCUT2D eigenvalue weighted by atomic mass is 79.9. The molecule has 12 heavy (non-hydrogen) atoms. The van der Waals surface area contributed by atoms with Crippen molar-refractivity contribution in [3.63, 3.8) is 0 Å². The molecule has 0 amide bonds. The lowest BCUT2D eigenvalue weighted by Crippen LogP contribution is -2.12. The maximum absolute atomic E-state index is 10.6. The van der Waals surface area contributed by atoms with Gasteiger partial charge >= 0.3 is 0 Å². The van der Waals surface area contributed by atoms with Gasteiger partial charge in [0.25, 0.3) is 0 Å². The lowest BCUT2D eigenvalue weighted by atomic mass is 9.87. The molecule has 0 aromatic carbocycles. The molecule has 0 unspecified atom stereocenters. The average Bonchev–Trinajstić information content (AvgIpc) is 2.29. The van der Waals surface area contributed by atoms with Crippen LogP contribution in [0.25, 0.3) is 0 Å². The van der Waals surface area contributed by atoms with Crippen LogP contribution in [0.15, 0.2) is 15.3 Å². The monoisotopic (exact) mass is 230 g/mol. The van der Waals surface area contributed by atoms with Crippen molar-refractivity contribution in [2.75, 3.05) is 0 Å². The summed E-state index contributed by atoms with van der Waals surface area (Å²) in [7, 11) is 0. The molecule has 0 aliphatic carbocycles. The minimum atomic E-state index is -0.0674. The van der Waals surface area contributed by atoms with Crippen LogP contribution in [0.3, 0.4) is 0 Å². The molecule has 2 nitrogen and oxygen atoms in total. The molecule has 1 heterocycles. The number of rotatable bonds is 1. The van der Waals surface area contributed by atoms with Gasteiger partial charge in [-0.3, -0.25) is 4.79 Å². The van der Waals surface area contributed by atoms with Crippen LogP contribution in [0.5, 0.6) is 0 Å². The van der Waals surface area contributed by atoms with E-state index >= 15 is 0 Å². The molecular weight excluding hydrogens is 220 g/mol. The van der Waals surface area contributed by atoms with Gasteiger partial charge in [-0.15, -0.1) is 0 Å². The SMILES string of the molecule is CC(C)(C)c1c(C=O)coc1Br. The Morgan fingerprint density at radius 1 is 1.50 bits per heavy atom. The Bertz CT molecular complexity index is 294. The molecule has 0 spiro atoms. The second kappa shape index (κ2) is 3.05. The number of hydrogen-bond donors (Lipinski definition) is 0. The molecule has 0 fully saturated rings. The molecule has 1 aromatic heterocycles. The Kier molecular flexibility index (Phi) is 2.42. The number of carbonyl (C=O) groups is 1. The maximum Gasteiger partial charge on any atom is 0.173 e. The van der Waals surface area contributed by atoms with E-state index in [1.54, 1.807) is 0 Å². The summed E-state index contributed by atoms with van der Waals surface area (Å²) in [5.41, 5.74) is 1.48. The highest BCUT2D eigenvalue weighted by Crippen LogP contribution is 2.33. The summed E-state index contributed by atoms with van der Waals surface area (Å²) in [6.07, 6.45) is 2.28. The van der Waals surface area contributed by atoms with E-state index in [4.69, 9.17) is 4.42 Å². The predicted octanol–water partition coefficient (Wildman–Crippen LogP) is 3.15. The summed E-state index contributed by atoms with van der Waals surface area (Å²) in [4.78, 5) is 10.6. The van der Waals surface area contributed by atoms with Gasteiger partial charge in [-0.05, 0) is 21.3 Å². The van der Waals surface area contributed by atoms with Crippen molar-refractivity contribution >= 4 is 22.2 Å². The van der Waals surface area contributed by atoms with Crippen LogP contribution in [0, 0.1) is 0 Å². The second-order valence-electron chi connectivity index (χ2n) is 3.71. The summed E-state index contributed by atoms with van der Waals surface area (Å²) in [6.45, 7) is 6.11. The molecule has 1 rings (SSSR count). The summed E-state index contributed by atoms with van der Waals surface area (Å²) in [5.74, 6) is 0. The van der Waals surface area contributed by atoms with Crippen LogP contribution in [-0.4, -0.2) is 6.29 Å². The van der Waals surface area contributed by atoms with Crippen LogP contribution in [0.2, 0.25) is 0 Å². The first kappa shape index (κ1) is 9.52. The molecule has 0 N–H and O–H groups in total. The van der Waals surface area contributed by atoms with Crippen LogP contribution >= 0.6 is 15.9 Å². The van der Waals surface area contributed by atoms with Crippen molar-refractivity contribution in [2.45, 2.75) is 26.2 Å². The van der Waals surface area contributed by atoms with Gasteiger partial charge in [0.15, 0.2) is 11.0 Å². The van der Waals surface area contributed by atoms with E-state index in [0.29, 0.717) is 10.2 Å². The average molecular weight is 231 g/mol. The standard InChI is InChI=1S/C9H11BrO2/c1-9(2,3)7-6(4-11)5-12-8(7)10/h4-5H,1-3H3. The minimum Gasteiger partial charge on any atom is -0.457 e. The number of furan rings is 1. The van der Waals surface area contributed by atoms with Crippen molar-refractivity contribution < 1.29 is 9.21 Å². The minimum absolute atomic E-state index is 0.0674. The zero-order valence-electron chi connectivity index (χ0n) is 7.35. The lowest BCUT2D eigenvalue weighted by Gasteiger charge is -2.17. The fourth-order valence-corrected chi connectivity index (χ4v) is 2.08. The fourth-order valence-electron chi connectivity index (χ4n) is 1.16. The van der Waals surface area contributed by atoms with E-state index in [2.05, 4.69) is 15.9 Å². The van der Waals surface area contributed by atoms with Gasteiger partial charge < -0.3 is 4.42 Å². The topological polar surface area (TPSA) is 30.2 Å². The van der Waals surface area contributed by atoms with E-state index in [9.17, 15) is 4.79 Å². The third kappa shape index (κ3) is 1.61. The van der Waals surface area contributed by atoms with Gasteiger partial charge in [0.05, 0.1) is 5.56 Å². The van der Waals surface area contributed by atoms with Crippen LogP contribution in [-0.2, 0) is 5.41 Å². The smallest absolute Gasteiger partial charge is 0.173 e. The molecule has 66 valence electrons. The lowest BCUT2D eigenvalue weighted by molar-refractivity contribution is 0.112. The maximum atomic E-state index is 10.6. The first-order valence-electron chi connectivity index (χ1n) is 3.69. The zero-order valence-corrected chi connectivity index (χ0v) is 8.94. The van der Waals surface area contributed by atoms with E-state index in [1.165, 1.54) is 6.26 Å². The number of halogens is 1. The molecule has 3 heteroatoms. The van der Waals surface area contributed by atoms with Gasteiger partial charge in [-0.1, -0.05) is 20.8 Å².